The topological polar surface area (TPSA) is 86.8 Å². The second-order valence-corrected chi connectivity index (χ2v) is 10.8. The predicted octanol–water partition coefficient (Wildman–Crippen LogP) is 3.74. The molecule has 0 aliphatic heterocycles. The normalized spacial score (nSPS) is 12.2. The van der Waals surface area contributed by atoms with Gasteiger partial charge in [0.2, 0.25) is 21.8 Å². The van der Waals surface area contributed by atoms with Crippen LogP contribution in [0.5, 0.6) is 0 Å². The van der Waals surface area contributed by atoms with Crippen LogP contribution in [0.2, 0.25) is 5.02 Å². The van der Waals surface area contributed by atoms with Gasteiger partial charge in [-0.15, -0.1) is 0 Å². The molecular formula is C27H30ClN3O4S. The first-order valence-corrected chi connectivity index (χ1v) is 13.4. The Morgan fingerprint density at radius 3 is 2.00 bits per heavy atom. The minimum absolute atomic E-state index is 0.0290. The Hall–Kier alpha value is -3.20. The molecule has 7 nitrogen and oxygen atoms in total. The number of hydrogen-bond donors (Lipinski definition) is 1. The molecule has 0 aromatic heterocycles. The summed E-state index contributed by atoms with van der Waals surface area (Å²) in [6.45, 7) is 1.95. The van der Waals surface area contributed by atoms with Crippen LogP contribution in [-0.4, -0.2) is 55.6 Å². The lowest BCUT2D eigenvalue weighted by Crippen LogP contribution is -2.53. The molecule has 0 aliphatic rings. The van der Waals surface area contributed by atoms with Gasteiger partial charge in [-0.1, -0.05) is 72.3 Å². The molecule has 2 amide bonds. The molecule has 0 fully saturated rings. The van der Waals surface area contributed by atoms with Gasteiger partial charge in [-0.3, -0.25) is 9.59 Å². The molecule has 0 saturated carbocycles. The van der Waals surface area contributed by atoms with Gasteiger partial charge in [-0.25, -0.2) is 8.42 Å². The Morgan fingerprint density at radius 2 is 1.44 bits per heavy atom. The summed E-state index contributed by atoms with van der Waals surface area (Å²) in [6.07, 6.45) is 0.291. The lowest BCUT2D eigenvalue weighted by Gasteiger charge is -2.32. The number of likely N-dealkylation sites (N-methyl/N-ethyl adjacent to an activating group) is 2. The van der Waals surface area contributed by atoms with Crippen molar-refractivity contribution in [3.63, 3.8) is 0 Å². The summed E-state index contributed by atoms with van der Waals surface area (Å²) in [4.78, 5) is 28.3. The molecule has 1 atom stereocenters. The number of halogens is 1. The molecule has 190 valence electrons. The average molecular weight is 528 g/mol. The van der Waals surface area contributed by atoms with Gasteiger partial charge < -0.3 is 10.2 Å². The van der Waals surface area contributed by atoms with Gasteiger partial charge in [0.15, 0.2) is 0 Å². The van der Waals surface area contributed by atoms with Crippen molar-refractivity contribution in [3.8, 4) is 0 Å². The molecule has 0 spiro atoms. The van der Waals surface area contributed by atoms with Crippen LogP contribution in [0.25, 0.3) is 0 Å². The van der Waals surface area contributed by atoms with Crippen LogP contribution >= 0.6 is 11.6 Å². The zero-order valence-corrected chi connectivity index (χ0v) is 21.9. The monoisotopic (exact) mass is 527 g/mol. The first-order chi connectivity index (χ1) is 17.2. The number of carbonyl (C=O) groups is 2. The Morgan fingerprint density at radius 1 is 0.889 bits per heavy atom. The van der Waals surface area contributed by atoms with Gasteiger partial charge in [-0.05, 0) is 42.3 Å². The summed E-state index contributed by atoms with van der Waals surface area (Å²) in [5.74, 6) is -0.778. The van der Waals surface area contributed by atoms with Crippen molar-refractivity contribution in [3.05, 3.63) is 101 Å². The molecule has 0 radical (unpaired) electrons. The van der Waals surface area contributed by atoms with Crippen molar-refractivity contribution in [1.82, 2.24) is 14.5 Å². The first kappa shape index (κ1) is 27.4. The SMILES string of the molecule is CCNC(=O)[C@@H](Cc1ccccc1)N(Cc1ccccc1)C(=O)CN(C)S(=O)(=O)c1ccc(Cl)cc1. The van der Waals surface area contributed by atoms with E-state index in [4.69, 9.17) is 11.6 Å². The van der Waals surface area contributed by atoms with Gasteiger partial charge >= 0.3 is 0 Å². The Balaban J connectivity index is 1.93. The van der Waals surface area contributed by atoms with Crippen molar-refractivity contribution in [2.45, 2.75) is 30.8 Å². The van der Waals surface area contributed by atoms with Crippen molar-refractivity contribution in [2.24, 2.45) is 0 Å². The molecule has 36 heavy (non-hydrogen) atoms. The van der Waals surface area contributed by atoms with Crippen LogP contribution in [-0.2, 0) is 32.6 Å². The van der Waals surface area contributed by atoms with E-state index in [9.17, 15) is 18.0 Å². The van der Waals surface area contributed by atoms with Crippen molar-refractivity contribution < 1.29 is 18.0 Å². The Bertz CT molecular complexity index is 1250. The second-order valence-electron chi connectivity index (χ2n) is 8.32. The van der Waals surface area contributed by atoms with E-state index in [2.05, 4.69) is 5.32 Å². The molecule has 0 bridgehead atoms. The zero-order chi connectivity index (χ0) is 26.1. The maximum absolute atomic E-state index is 13.6. The van der Waals surface area contributed by atoms with Crippen LogP contribution in [0.3, 0.4) is 0 Å². The van der Waals surface area contributed by atoms with Gasteiger partial charge in [0.1, 0.15) is 6.04 Å². The van der Waals surface area contributed by atoms with Gasteiger partial charge in [0.25, 0.3) is 0 Å². The van der Waals surface area contributed by atoms with E-state index in [1.54, 1.807) is 0 Å². The number of nitrogens with one attached hydrogen (secondary N) is 1. The lowest BCUT2D eigenvalue weighted by molar-refractivity contribution is -0.141. The number of sulfonamides is 1. The number of carbonyl (C=O) groups excluding carboxylic acids is 2. The van der Waals surface area contributed by atoms with E-state index in [0.29, 0.717) is 18.0 Å². The van der Waals surface area contributed by atoms with Crippen LogP contribution in [0.4, 0.5) is 0 Å². The van der Waals surface area contributed by atoms with Crippen LogP contribution in [0.15, 0.2) is 89.8 Å². The summed E-state index contributed by atoms with van der Waals surface area (Å²) in [5.41, 5.74) is 1.72. The van der Waals surface area contributed by atoms with Crippen LogP contribution < -0.4 is 5.32 Å². The molecule has 1 N–H and O–H groups in total. The first-order valence-electron chi connectivity index (χ1n) is 11.6. The molecule has 0 heterocycles. The summed E-state index contributed by atoms with van der Waals surface area (Å²) >= 11 is 5.89. The highest BCUT2D eigenvalue weighted by atomic mass is 35.5. The molecule has 0 unspecified atom stereocenters. The summed E-state index contributed by atoms with van der Waals surface area (Å²) < 4.78 is 27.2. The smallest absolute Gasteiger partial charge is 0.243 e. The molecule has 0 saturated heterocycles. The van der Waals surface area contributed by atoms with Crippen molar-refractivity contribution in [2.75, 3.05) is 20.1 Å². The number of hydrogen-bond acceptors (Lipinski definition) is 4. The Kier molecular flexibility index (Phi) is 9.64. The average Bonchev–Trinajstić information content (AvgIpc) is 2.87. The maximum atomic E-state index is 13.6. The van der Waals surface area contributed by atoms with Crippen molar-refractivity contribution >= 4 is 33.4 Å². The number of nitrogens with zero attached hydrogens (tertiary/aromatic N) is 2. The summed E-state index contributed by atoms with van der Waals surface area (Å²) in [5, 5.41) is 3.23. The minimum Gasteiger partial charge on any atom is -0.355 e. The third-order valence-electron chi connectivity index (χ3n) is 5.70. The highest BCUT2D eigenvalue weighted by Crippen LogP contribution is 2.19. The number of amides is 2. The molecule has 3 rings (SSSR count). The molecular weight excluding hydrogens is 498 g/mol. The third kappa shape index (κ3) is 7.16. The Labute approximate surface area is 217 Å². The van der Waals surface area contributed by atoms with Gasteiger partial charge in [-0.2, -0.15) is 4.31 Å². The fourth-order valence-corrected chi connectivity index (χ4v) is 5.03. The van der Waals surface area contributed by atoms with E-state index in [0.717, 1.165) is 15.4 Å². The fourth-order valence-electron chi connectivity index (χ4n) is 3.78. The predicted molar refractivity (Wildman–Crippen MR) is 141 cm³/mol. The van der Waals surface area contributed by atoms with Gasteiger partial charge in [0.05, 0.1) is 11.4 Å². The highest BCUT2D eigenvalue weighted by Gasteiger charge is 2.32. The number of benzene rings is 3. The molecule has 9 heteroatoms. The molecule has 3 aromatic carbocycles. The van der Waals surface area contributed by atoms with E-state index in [-0.39, 0.29) is 17.3 Å². The second kappa shape index (κ2) is 12.7. The van der Waals surface area contributed by atoms with Gasteiger partial charge in [0, 0.05) is 31.6 Å². The highest BCUT2D eigenvalue weighted by molar-refractivity contribution is 7.89. The lowest BCUT2D eigenvalue weighted by atomic mass is 10.0. The molecule has 3 aromatic rings. The zero-order valence-electron chi connectivity index (χ0n) is 20.3. The summed E-state index contributed by atoms with van der Waals surface area (Å²) in [6, 6.07) is 23.7. The molecule has 0 aliphatic carbocycles. The fraction of sp³-hybridized carbons (Fsp3) is 0.259. The maximum Gasteiger partial charge on any atom is 0.243 e. The third-order valence-corrected chi connectivity index (χ3v) is 7.77. The van der Waals surface area contributed by atoms with Crippen LogP contribution in [0, 0.1) is 0 Å². The summed E-state index contributed by atoms with van der Waals surface area (Å²) in [7, 11) is -2.60. The van der Waals surface area contributed by atoms with E-state index >= 15 is 0 Å². The minimum atomic E-state index is -3.95. The van der Waals surface area contributed by atoms with E-state index < -0.39 is 28.5 Å². The van der Waals surface area contributed by atoms with Crippen molar-refractivity contribution in [1.29, 1.82) is 0 Å². The van der Waals surface area contributed by atoms with E-state index in [1.807, 2.05) is 67.6 Å². The van der Waals surface area contributed by atoms with Crippen LogP contribution in [0.1, 0.15) is 18.1 Å². The number of rotatable bonds is 11. The largest absolute Gasteiger partial charge is 0.355 e. The van der Waals surface area contributed by atoms with E-state index in [1.165, 1.54) is 36.2 Å². The standard InChI is InChI=1S/C27H30ClN3O4S/c1-3-29-27(33)25(18-21-10-6-4-7-11-21)31(19-22-12-8-5-9-13-22)26(32)20-30(2)36(34,35)24-16-14-23(28)15-17-24/h4-17,25H,3,18-20H2,1-2H3,(H,29,33)/t25-/m1/s1. The quantitative estimate of drug-likeness (QED) is 0.411.